The lowest BCUT2D eigenvalue weighted by Crippen LogP contribution is -2.02. The second kappa shape index (κ2) is 2.16. The van der Waals surface area contributed by atoms with E-state index in [4.69, 9.17) is 4.74 Å². The van der Waals surface area contributed by atoms with Crippen molar-refractivity contribution in [3.8, 4) is 0 Å². The first-order valence-electron chi connectivity index (χ1n) is 2.89. The van der Waals surface area contributed by atoms with E-state index in [-0.39, 0.29) is 0 Å². The van der Waals surface area contributed by atoms with Gasteiger partial charge in [-0.3, -0.25) is 4.99 Å². The lowest BCUT2D eigenvalue weighted by molar-refractivity contribution is 0.385. The Morgan fingerprint density at radius 3 is 2.38 bits per heavy atom. The Bertz CT molecular complexity index is 105. The largest absolute Gasteiger partial charge is 0.484 e. The van der Waals surface area contributed by atoms with Gasteiger partial charge in [0.05, 0.1) is 7.11 Å². The molecule has 0 aromatic rings. The highest BCUT2D eigenvalue weighted by Gasteiger charge is 2.27. The molecule has 0 heterocycles. The second-order valence-corrected chi connectivity index (χ2v) is 2.04. The zero-order valence-corrected chi connectivity index (χ0v) is 5.35. The minimum Gasteiger partial charge on any atom is -0.484 e. The van der Waals surface area contributed by atoms with E-state index in [2.05, 4.69) is 4.99 Å². The van der Waals surface area contributed by atoms with Crippen LogP contribution in [0.15, 0.2) is 4.99 Å². The highest BCUT2D eigenvalue weighted by molar-refractivity contribution is 5.80. The fourth-order valence-electron chi connectivity index (χ4n) is 0.771. The Morgan fingerprint density at radius 1 is 1.62 bits per heavy atom. The van der Waals surface area contributed by atoms with Crippen molar-refractivity contribution in [3.63, 3.8) is 0 Å². The van der Waals surface area contributed by atoms with Gasteiger partial charge in [0.15, 0.2) is 5.90 Å². The molecule has 2 heteroatoms. The predicted octanol–water partition coefficient (Wildman–Crippen LogP) is 1.07. The summed E-state index contributed by atoms with van der Waals surface area (Å²) in [7, 11) is 3.46. The number of aliphatic imine (C=N–C) groups is 1. The molecule has 8 heavy (non-hydrogen) atoms. The molecule has 46 valence electrons. The Morgan fingerprint density at radius 2 is 2.25 bits per heavy atom. The number of hydrogen-bond donors (Lipinski definition) is 0. The van der Waals surface area contributed by atoms with Crippen LogP contribution in [0.5, 0.6) is 0 Å². The molecule has 0 aliphatic heterocycles. The molecule has 1 aliphatic carbocycles. The van der Waals surface area contributed by atoms with Gasteiger partial charge >= 0.3 is 0 Å². The molecule has 0 radical (unpaired) electrons. The molecule has 0 aromatic heterocycles. The molecule has 0 amide bonds. The Kier molecular flexibility index (Phi) is 1.51. The van der Waals surface area contributed by atoms with Gasteiger partial charge < -0.3 is 4.74 Å². The topological polar surface area (TPSA) is 21.6 Å². The fourth-order valence-corrected chi connectivity index (χ4v) is 0.771. The monoisotopic (exact) mass is 113 g/mol. The predicted molar refractivity (Wildman–Crippen MR) is 33.1 cm³/mol. The normalized spacial score (nSPS) is 21.0. The number of ether oxygens (including phenoxy) is 1. The molecular weight excluding hydrogens is 102 g/mol. The Hall–Kier alpha value is -0.530. The summed E-state index contributed by atoms with van der Waals surface area (Å²) in [5, 5.41) is 0. The molecule has 0 bridgehead atoms. The maximum absolute atomic E-state index is 4.97. The number of rotatable bonds is 1. The minimum absolute atomic E-state index is 0.657. The summed E-state index contributed by atoms with van der Waals surface area (Å²) in [4.78, 5) is 3.96. The maximum atomic E-state index is 4.97. The minimum atomic E-state index is 0.657. The third-order valence-corrected chi connectivity index (χ3v) is 1.36. The molecule has 1 aliphatic rings. The van der Waals surface area contributed by atoms with Crippen LogP contribution in [-0.2, 0) is 4.74 Å². The van der Waals surface area contributed by atoms with E-state index in [0.717, 1.165) is 5.90 Å². The van der Waals surface area contributed by atoms with Crippen LogP contribution >= 0.6 is 0 Å². The quantitative estimate of drug-likeness (QED) is 0.368. The third-order valence-electron chi connectivity index (χ3n) is 1.36. The van der Waals surface area contributed by atoms with E-state index in [1.165, 1.54) is 12.8 Å². The van der Waals surface area contributed by atoms with Crippen LogP contribution in [-0.4, -0.2) is 20.1 Å². The molecule has 0 spiro atoms. The van der Waals surface area contributed by atoms with Gasteiger partial charge in [-0.1, -0.05) is 0 Å². The highest BCUT2D eigenvalue weighted by atomic mass is 16.5. The molecule has 0 saturated heterocycles. The van der Waals surface area contributed by atoms with Gasteiger partial charge in [-0.25, -0.2) is 0 Å². The smallest absolute Gasteiger partial charge is 0.185 e. The van der Waals surface area contributed by atoms with Crippen molar-refractivity contribution >= 4 is 5.90 Å². The molecule has 2 nitrogen and oxygen atoms in total. The molecule has 1 saturated carbocycles. The molecule has 0 atom stereocenters. The van der Waals surface area contributed by atoms with Crippen LogP contribution in [0.2, 0.25) is 0 Å². The molecule has 1 rings (SSSR count). The number of methoxy groups -OCH3 is 1. The van der Waals surface area contributed by atoms with Crippen molar-refractivity contribution in [1.82, 2.24) is 0 Å². The first-order chi connectivity index (χ1) is 3.88. The summed E-state index contributed by atoms with van der Waals surface area (Å²) in [5.74, 6) is 1.58. The standard InChI is InChI=1S/C6H11NO/c1-7-6(8-2)5-3-4-5/h5H,3-4H2,1-2H3. The lowest BCUT2D eigenvalue weighted by atomic mass is 10.4. The van der Waals surface area contributed by atoms with Crippen molar-refractivity contribution in [2.45, 2.75) is 12.8 Å². The van der Waals surface area contributed by atoms with Gasteiger partial charge in [0.25, 0.3) is 0 Å². The van der Waals surface area contributed by atoms with Gasteiger partial charge in [-0.05, 0) is 12.8 Å². The zero-order valence-electron chi connectivity index (χ0n) is 5.35. The zero-order chi connectivity index (χ0) is 5.98. The summed E-state index contributed by atoms with van der Waals surface area (Å²) in [5.41, 5.74) is 0. The third kappa shape index (κ3) is 0.997. The lowest BCUT2D eigenvalue weighted by Gasteiger charge is -1.97. The average molecular weight is 113 g/mol. The SMILES string of the molecule is CN=C(OC)C1CC1. The summed E-state index contributed by atoms with van der Waals surface area (Å²) in [6, 6.07) is 0. The van der Waals surface area contributed by atoms with Gasteiger partial charge in [-0.2, -0.15) is 0 Å². The maximum Gasteiger partial charge on any atom is 0.185 e. The summed E-state index contributed by atoms with van der Waals surface area (Å²) in [6.45, 7) is 0. The van der Waals surface area contributed by atoms with Crippen LogP contribution in [0.3, 0.4) is 0 Å². The van der Waals surface area contributed by atoms with E-state index in [1.54, 1.807) is 14.2 Å². The second-order valence-electron chi connectivity index (χ2n) is 2.04. The molecule has 0 unspecified atom stereocenters. The fraction of sp³-hybridized carbons (Fsp3) is 0.833. The van der Waals surface area contributed by atoms with Crippen molar-refractivity contribution in [2.24, 2.45) is 10.9 Å². The summed E-state index contributed by atoms with van der Waals surface area (Å²) in [6.07, 6.45) is 2.53. The Balaban J connectivity index is 2.37. The van der Waals surface area contributed by atoms with E-state index < -0.39 is 0 Å². The summed E-state index contributed by atoms with van der Waals surface area (Å²) < 4.78 is 4.97. The average Bonchev–Trinajstić information content (AvgIpc) is 2.53. The van der Waals surface area contributed by atoms with Crippen molar-refractivity contribution in [1.29, 1.82) is 0 Å². The van der Waals surface area contributed by atoms with E-state index in [1.807, 2.05) is 0 Å². The van der Waals surface area contributed by atoms with Gasteiger partial charge in [0.1, 0.15) is 0 Å². The van der Waals surface area contributed by atoms with Crippen molar-refractivity contribution in [2.75, 3.05) is 14.2 Å². The first kappa shape index (κ1) is 5.60. The molecule has 0 aromatic carbocycles. The number of hydrogen-bond acceptors (Lipinski definition) is 2. The van der Waals surface area contributed by atoms with E-state index >= 15 is 0 Å². The van der Waals surface area contributed by atoms with E-state index in [9.17, 15) is 0 Å². The van der Waals surface area contributed by atoms with Gasteiger partial charge in [0.2, 0.25) is 0 Å². The molecule has 0 N–H and O–H groups in total. The van der Waals surface area contributed by atoms with Crippen LogP contribution in [0, 0.1) is 5.92 Å². The number of nitrogens with zero attached hydrogens (tertiary/aromatic N) is 1. The van der Waals surface area contributed by atoms with Crippen molar-refractivity contribution in [3.05, 3.63) is 0 Å². The van der Waals surface area contributed by atoms with Crippen molar-refractivity contribution < 1.29 is 4.74 Å². The highest BCUT2D eigenvalue weighted by Crippen LogP contribution is 2.30. The summed E-state index contributed by atoms with van der Waals surface area (Å²) >= 11 is 0. The first-order valence-corrected chi connectivity index (χ1v) is 2.89. The van der Waals surface area contributed by atoms with Crippen LogP contribution < -0.4 is 0 Å². The molecule has 1 fully saturated rings. The Labute approximate surface area is 49.6 Å². The van der Waals surface area contributed by atoms with Crippen LogP contribution in [0.25, 0.3) is 0 Å². The van der Waals surface area contributed by atoms with Gasteiger partial charge in [-0.15, -0.1) is 0 Å². The van der Waals surface area contributed by atoms with Crippen LogP contribution in [0.1, 0.15) is 12.8 Å². The van der Waals surface area contributed by atoms with Crippen LogP contribution in [0.4, 0.5) is 0 Å². The molecular formula is C6H11NO. The van der Waals surface area contributed by atoms with E-state index in [0.29, 0.717) is 5.92 Å². The van der Waals surface area contributed by atoms with Gasteiger partial charge in [0, 0.05) is 13.0 Å².